The number of ether oxygens (including phenoxy) is 1. The molecular weight excluding hydrogens is 262 g/mol. The molecule has 1 atom stereocenters. The summed E-state index contributed by atoms with van der Waals surface area (Å²) >= 11 is 1.61. The first kappa shape index (κ1) is 12.4. The molecule has 0 spiro atoms. The van der Waals surface area contributed by atoms with Gasteiger partial charge < -0.3 is 10.1 Å². The smallest absolute Gasteiger partial charge is 0.271 e. The SMILES string of the molecule is O=C(NCC1CCCO1)c1cc(-c2cccs2)[nH]n1. The number of hydrogen-bond donors (Lipinski definition) is 2. The molecule has 1 saturated heterocycles. The van der Waals surface area contributed by atoms with Crippen molar-refractivity contribution in [1.29, 1.82) is 0 Å². The number of rotatable bonds is 4. The van der Waals surface area contributed by atoms with Crippen molar-refractivity contribution in [2.24, 2.45) is 0 Å². The Kier molecular flexibility index (Phi) is 3.61. The molecule has 100 valence electrons. The third kappa shape index (κ3) is 2.85. The number of nitrogens with one attached hydrogen (secondary N) is 2. The van der Waals surface area contributed by atoms with Crippen LogP contribution in [0.5, 0.6) is 0 Å². The molecule has 19 heavy (non-hydrogen) atoms. The van der Waals surface area contributed by atoms with Crippen molar-refractivity contribution in [3.63, 3.8) is 0 Å². The molecule has 0 saturated carbocycles. The van der Waals surface area contributed by atoms with Gasteiger partial charge in [0.2, 0.25) is 0 Å². The molecule has 0 aromatic carbocycles. The second-order valence-electron chi connectivity index (χ2n) is 4.49. The molecule has 5 nitrogen and oxygen atoms in total. The highest BCUT2D eigenvalue weighted by Gasteiger charge is 2.18. The third-order valence-electron chi connectivity index (χ3n) is 3.11. The average Bonchev–Trinajstić information content (AvgIpc) is 3.14. The zero-order chi connectivity index (χ0) is 13.1. The number of carbonyl (C=O) groups is 1. The van der Waals surface area contributed by atoms with Crippen molar-refractivity contribution < 1.29 is 9.53 Å². The maximum absolute atomic E-state index is 11.9. The van der Waals surface area contributed by atoms with E-state index in [1.165, 1.54) is 0 Å². The first-order valence-corrected chi connectivity index (χ1v) is 7.20. The Balaban J connectivity index is 1.60. The Morgan fingerprint density at radius 1 is 1.63 bits per heavy atom. The molecule has 0 aliphatic carbocycles. The number of nitrogens with zero attached hydrogens (tertiary/aromatic N) is 1. The summed E-state index contributed by atoms with van der Waals surface area (Å²) < 4.78 is 5.46. The zero-order valence-electron chi connectivity index (χ0n) is 10.4. The lowest BCUT2D eigenvalue weighted by Gasteiger charge is -2.09. The molecule has 2 N–H and O–H groups in total. The highest BCUT2D eigenvalue weighted by Crippen LogP contribution is 2.22. The van der Waals surface area contributed by atoms with E-state index < -0.39 is 0 Å². The predicted octanol–water partition coefficient (Wildman–Crippen LogP) is 2.05. The lowest BCUT2D eigenvalue weighted by atomic mass is 10.2. The third-order valence-corrected chi connectivity index (χ3v) is 4.01. The van der Waals surface area contributed by atoms with E-state index in [1.807, 2.05) is 17.5 Å². The fourth-order valence-corrected chi connectivity index (χ4v) is 2.79. The molecule has 1 amide bonds. The highest BCUT2D eigenvalue weighted by atomic mass is 32.1. The molecule has 6 heteroatoms. The number of aromatic nitrogens is 2. The van der Waals surface area contributed by atoms with Gasteiger partial charge in [0.15, 0.2) is 5.69 Å². The quantitative estimate of drug-likeness (QED) is 0.898. The maximum atomic E-state index is 11.9. The van der Waals surface area contributed by atoms with Gasteiger partial charge in [-0.25, -0.2) is 0 Å². The van der Waals surface area contributed by atoms with Crippen molar-refractivity contribution >= 4 is 17.2 Å². The Morgan fingerprint density at radius 2 is 2.58 bits per heavy atom. The van der Waals surface area contributed by atoms with Gasteiger partial charge in [0, 0.05) is 13.2 Å². The van der Waals surface area contributed by atoms with E-state index >= 15 is 0 Å². The predicted molar refractivity (Wildman–Crippen MR) is 73.2 cm³/mol. The monoisotopic (exact) mass is 277 g/mol. The second kappa shape index (κ2) is 5.54. The van der Waals surface area contributed by atoms with E-state index in [0.717, 1.165) is 30.0 Å². The summed E-state index contributed by atoms with van der Waals surface area (Å²) in [6.07, 6.45) is 2.24. The fourth-order valence-electron chi connectivity index (χ4n) is 2.10. The van der Waals surface area contributed by atoms with Crippen LogP contribution in [0.3, 0.4) is 0 Å². The Bertz CT molecular complexity index is 544. The van der Waals surface area contributed by atoms with Crippen LogP contribution in [0, 0.1) is 0 Å². The average molecular weight is 277 g/mol. The van der Waals surface area contributed by atoms with Gasteiger partial charge in [0.25, 0.3) is 5.91 Å². The van der Waals surface area contributed by atoms with Crippen LogP contribution in [0.2, 0.25) is 0 Å². The van der Waals surface area contributed by atoms with E-state index in [9.17, 15) is 4.79 Å². The van der Waals surface area contributed by atoms with Crippen molar-refractivity contribution in [2.45, 2.75) is 18.9 Å². The van der Waals surface area contributed by atoms with Gasteiger partial charge >= 0.3 is 0 Å². The van der Waals surface area contributed by atoms with Crippen LogP contribution >= 0.6 is 11.3 Å². The molecule has 3 heterocycles. The minimum absolute atomic E-state index is 0.152. The van der Waals surface area contributed by atoms with Gasteiger partial charge in [-0.2, -0.15) is 5.10 Å². The van der Waals surface area contributed by atoms with Gasteiger partial charge in [-0.3, -0.25) is 9.89 Å². The van der Waals surface area contributed by atoms with Crippen LogP contribution < -0.4 is 5.32 Å². The Labute approximate surface area is 115 Å². The van der Waals surface area contributed by atoms with Crippen molar-refractivity contribution in [1.82, 2.24) is 15.5 Å². The summed E-state index contributed by atoms with van der Waals surface area (Å²) in [5.41, 5.74) is 1.29. The first-order valence-electron chi connectivity index (χ1n) is 6.32. The van der Waals surface area contributed by atoms with Gasteiger partial charge in [0.05, 0.1) is 16.7 Å². The molecular formula is C13H15N3O2S. The fraction of sp³-hybridized carbons (Fsp3) is 0.385. The number of H-pyrrole nitrogens is 1. The van der Waals surface area contributed by atoms with Gasteiger partial charge in [-0.15, -0.1) is 11.3 Å². The van der Waals surface area contributed by atoms with Crippen molar-refractivity contribution in [3.8, 4) is 10.6 Å². The van der Waals surface area contributed by atoms with Gasteiger partial charge in [-0.05, 0) is 30.4 Å². The van der Waals surface area contributed by atoms with Crippen LogP contribution in [0.4, 0.5) is 0 Å². The van der Waals surface area contributed by atoms with Crippen LogP contribution in [-0.4, -0.2) is 35.4 Å². The topological polar surface area (TPSA) is 67.0 Å². The van der Waals surface area contributed by atoms with E-state index in [1.54, 1.807) is 17.4 Å². The number of carbonyl (C=O) groups excluding carboxylic acids is 1. The van der Waals surface area contributed by atoms with E-state index in [-0.39, 0.29) is 12.0 Å². The van der Waals surface area contributed by atoms with Crippen molar-refractivity contribution in [2.75, 3.05) is 13.2 Å². The summed E-state index contributed by atoms with van der Waals surface area (Å²) in [6, 6.07) is 5.74. The number of hydrogen-bond acceptors (Lipinski definition) is 4. The van der Waals surface area contributed by atoms with Crippen LogP contribution in [0.25, 0.3) is 10.6 Å². The van der Waals surface area contributed by atoms with Crippen LogP contribution in [0.1, 0.15) is 23.3 Å². The number of thiophene rings is 1. The summed E-state index contributed by atoms with van der Waals surface area (Å²) in [7, 11) is 0. The molecule has 3 rings (SSSR count). The Morgan fingerprint density at radius 3 is 3.32 bits per heavy atom. The second-order valence-corrected chi connectivity index (χ2v) is 5.44. The van der Waals surface area contributed by atoms with Gasteiger partial charge in [-0.1, -0.05) is 6.07 Å². The summed E-state index contributed by atoms with van der Waals surface area (Å²) in [5.74, 6) is -0.158. The van der Waals surface area contributed by atoms with Crippen LogP contribution in [-0.2, 0) is 4.74 Å². The molecule has 0 bridgehead atoms. The maximum Gasteiger partial charge on any atom is 0.271 e. The zero-order valence-corrected chi connectivity index (χ0v) is 11.2. The lowest BCUT2D eigenvalue weighted by Crippen LogP contribution is -2.31. The summed E-state index contributed by atoms with van der Waals surface area (Å²) in [6.45, 7) is 1.35. The van der Waals surface area contributed by atoms with Gasteiger partial charge in [0.1, 0.15) is 0 Å². The van der Waals surface area contributed by atoms with Crippen LogP contribution in [0.15, 0.2) is 23.6 Å². The van der Waals surface area contributed by atoms with E-state index in [2.05, 4.69) is 15.5 Å². The lowest BCUT2D eigenvalue weighted by molar-refractivity contribution is 0.0853. The minimum Gasteiger partial charge on any atom is -0.376 e. The molecule has 1 fully saturated rings. The molecule has 2 aromatic rings. The first-order chi connectivity index (χ1) is 9.33. The molecule has 0 radical (unpaired) electrons. The summed E-state index contributed by atoms with van der Waals surface area (Å²) in [5, 5.41) is 11.8. The standard InChI is InChI=1S/C13H15N3O2S/c17-13(14-8-9-3-1-5-18-9)11-7-10(15-16-11)12-4-2-6-19-12/h2,4,6-7,9H,1,3,5,8H2,(H,14,17)(H,15,16). The molecule has 2 aromatic heterocycles. The van der Waals surface area contributed by atoms with E-state index in [0.29, 0.717) is 12.2 Å². The molecule has 1 aliphatic heterocycles. The van der Waals surface area contributed by atoms with Crippen molar-refractivity contribution in [3.05, 3.63) is 29.3 Å². The minimum atomic E-state index is -0.158. The normalized spacial score (nSPS) is 18.6. The largest absolute Gasteiger partial charge is 0.376 e. The Hall–Kier alpha value is -1.66. The summed E-state index contributed by atoms with van der Waals surface area (Å²) in [4.78, 5) is 13.0. The highest BCUT2D eigenvalue weighted by molar-refractivity contribution is 7.13. The number of amides is 1. The number of aromatic amines is 1. The van der Waals surface area contributed by atoms with E-state index in [4.69, 9.17) is 4.74 Å². The molecule has 1 aliphatic rings. The molecule has 1 unspecified atom stereocenters.